The Morgan fingerprint density at radius 2 is 2.16 bits per heavy atom. The maximum Gasteiger partial charge on any atom is 0.573 e. The van der Waals surface area contributed by atoms with Gasteiger partial charge in [-0.3, -0.25) is 4.79 Å². The Hall–Kier alpha value is -0.580. The van der Waals surface area contributed by atoms with Gasteiger partial charge in [0.25, 0.3) is 0 Å². The van der Waals surface area contributed by atoms with Gasteiger partial charge < -0.3 is 9.47 Å². The van der Waals surface area contributed by atoms with Crippen LogP contribution in [0.1, 0.15) is 11.3 Å². The SMILES string of the molecule is COC(=O)Cc1c(OC(F)(F)F)cc(CBr)nc1I. The van der Waals surface area contributed by atoms with E-state index in [2.05, 4.69) is 30.4 Å². The molecule has 0 radical (unpaired) electrons. The highest BCUT2D eigenvalue weighted by Gasteiger charge is 2.33. The molecule has 0 aromatic carbocycles. The van der Waals surface area contributed by atoms with Crippen LogP contribution in [0.2, 0.25) is 0 Å². The van der Waals surface area contributed by atoms with Gasteiger partial charge in [-0.25, -0.2) is 4.98 Å². The second-order valence-electron chi connectivity index (χ2n) is 3.32. The first kappa shape index (κ1) is 16.5. The van der Waals surface area contributed by atoms with Gasteiger partial charge in [-0.2, -0.15) is 0 Å². The van der Waals surface area contributed by atoms with Crippen molar-refractivity contribution in [1.82, 2.24) is 4.98 Å². The van der Waals surface area contributed by atoms with Crippen LogP contribution in [0.15, 0.2) is 6.07 Å². The van der Waals surface area contributed by atoms with Crippen LogP contribution in [0.3, 0.4) is 0 Å². The van der Waals surface area contributed by atoms with Gasteiger partial charge in [0, 0.05) is 17.0 Å². The third-order valence-electron chi connectivity index (χ3n) is 2.00. The monoisotopic (exact) mass is 453 g/mol. The third kappa shape index (κ3) is 5.13. The molecule has 1 heterocycles. The van der Waals surface area contributed by atoms with E-state index < -0.39 is 18.1 Å². The smallest absolute Gasteiger partial charge is 0.469 e. The second kappa shape index (κ2) is 6.73. The molecular weight excluding hydrogens is 446 g/mol. The molecule has 0 amide bonds. The van der Waals surface area contributed by atoms with E-state index in [4.69, 9.17) is 0 Å². The van der Waals surface area contributed by atoms with E-state index in [1.165, 1.54) is 0 Å². The number of alkyl halides is 4. The fraction of sp³-hybridized carbons (Fsp3) is 0.400. The predicted octanol–water partition coefficient (Wildman–Crippen LogP) is 3.20. The number of pyridine rings is 1. The maximum atomic E-state index is 12.3. The number of carbonyl (C=O) groups excluding carboxylic acids is 1. The van der Waals surface area contributed by atoms with Gasteiger partial charge in [-0.15, -0.1) is 13.2 Å². The number of aromatic nitrogens is 1. The average Bonchev–Trinajstić information content (AvgIpc) is 2.30. The molecule has 0 spiro atoms. The van der Waals surface area contributed by atoms with Crippen LogP contribution in [0.4, 0.5) is 13.2 Å². The maximum absolute atomic E-state index is 12.3. The van der Waals surface area contributed by atoms with Crippen molar-refractivity contribution in [2.45, 2.75) is 18.1 Å². The van der Waals surface area contributed by atoms with Gasteiger partial charge in [0.1, 0.15) is 9.45 Å². The van der Waals surface area contributed by atoms with E-state index in [9.17, 15) is 18.0 Å². The van der Waals surface area contributed by atoms with Crippen LogP contribution >= 0.6 is 38.5 Å². The van der Waals surface area contributed by atoms with E-state index in [1.807, 2.05) is 0 Å². The van der Waals surface area contributed by atoms with E-state index in [0.29, 0.717) is 5.69 Å². The molecule has 0 aliphatic heterocycles. The molecule has 0 bridgehead atoms. The molecule has 0 N–H and O–H groups in total. The first-order chi connectivity index (χ1) is 8.76. The van der Waals surface area contributed by atoms with Crippen molar-refractivity contribution in [2.24, 2.45) is 0 Å². The number of carbonyl (C=O) groups is 1. The van der Waals surface area contributed by atoms with E-state index in [-0.39, 0.29) is 21.0 Å². The van der Waals surface area contributed by atoms with Crippen molar-refractivity contribution in [3.63, 3.8) is 0 Å². The highest BCUT2D eigenvalue weighted by Crippen LogP contribution is 2.30. The lowest BCUT2D eigenvalue weighted by Crippen LogP contribution is -2.20. The molecule has 19 heavy (non-hydrogen) atoms. The van der Waals surface area contributed by atoms with Crippen LogP contribution in [-0.4, -0.2) is 24.4 Å². The van der Waals surface area contributed by atoms with E-state index >= 15 is 0 Å². The lowest BCUT2D eigenvalue weighted by atomic mass is 10.2. The highest BCUT2D eigenvalue weighted by atomic mass is 127. The Kier molecular flexibility index (Phi) is 5.83. The summed E-state index contributed by atoms with van der Waals surface area (Å²) in [4.78, 5) is 15.3. The molecular formula is C10H8BrF3INO3. The largest absolute Gasteiger partial charge is 0.573 e. The zero-order valence-electron chi connectivity index (χ0n) is 9.55. The van der Waals surface area contributed by atoms with E-state index in [0.717, 1.165) is 13.2 Å². The standard InChI is InChI=1S/C10H8BrF3INO3/c1-18-8(17)3-6-7(19-10(12,13)14)2-5(4-11)16-9(6)15/h2H,3-4H2,1H3. The summed E-state index contributed by atoms with van der Waals surface area (Å²) >= 11 is 4.85. The molecule has 0 aliphatic carbocycles. The Balaban J connectivity index is 3.21. The molecule has 9 heteroatoms. The first-order valence-electron chi connectivity index (χ1n) is 4.83. The molecule has 0 saturated carbocycles. The van der Waals surface area contributed by atoms with Crippen LogP contribution in [0.25, 0.3) is 0 Å². The zero-order valence-corrected chi connectivity index (χ0v) is 13.3. The molecule has 1 aromatic heterocycles. The molecule has 4 nitrogen and oxygen atoms in total. The molecule has 1 rings (SSSR count). The second-order valence-corrected chi connectivity index (χ2v) is 4.90. The first-order valence-corrected chi connectivity index (χ1v) is 7.03. The molecule has 1 aromatic rings. The summed E-state index contributed by atoms with van der Waals surface area (Å²) in [5.41, 5.74) is 0.423. The minimum absolute atomic E-state index is 0.0504. The Bertz CT molecular complexity index is 482. The van der Waals surface area contributed by atoms with Crippen molar-refractivity contribution < 1.29 is 27.4 Å². The van der Waals surface area contributed by atoms with Gasteiger partial charge >= 0.3 is 12.3 Å². The van der Waals surface area contributed by atoms with Crippen molar-refractivity contribution in [1.29, 1.82) is 0 Å². The topological polar surface area (TPSA) is 48.4 Å². The molecule has 0 atom stereocenters. The van der Waals surface area contributed by atoms with Crippen LogP contribution < -0.4 is 4.74 Å². The van der Waals surface area contributed by atoms with E-state index in [1.54, 1.807) is 22.6 Å². The summed E-state index contributed by atoms with van der Waals surface area (Å²) in [6.45, 7) is 0. The van der Waals surface area contributed by atoms with Gasteiger partial charge in [0.15, 0.2) is 0 Å². The van der Waals surface area contributed by atoms with Crippen molar-refractivity contribution in [3.8, 4) is 5.75 Å². The summed E-state index contributed by atoms with van der Waals surface area (Å²) in [5.74, 6) is -1.11. The van der Waals surface area contributed by atoms with Crippen LogP contribution in [-0.2, 0) is 21.3 Å². The molecule has 0 fully saturated rings. The third-order valence-corrected chi connectivity index (χ3v) is 3.46. The number of hydrogen-bond acceptors (Lipinski definition) is 4. The van der Waals surface area contributed by atoms with Crippen LogP contribution in [0, 0.1) is 3.70 Å². The van der Waals surface area contributed by atoms with Gasteiger partial charge in [-0.05, 0) is 22.6 Å². The molecule has 0 saturated heterocycles. The number of methoxy groups -OCH3 is 1. The number of hydrogen-bond donors (Lipinski definition) is 0. The van der Waals surface area contributed by atoms with Gasteiger partial charge in [-0.1, -0.05) is 15.9 Å². The van der Waals surface area contributed by atoms with Crippen LogP contribution in [0.5, 0.6) is 5.75 Å². The number of rotatable bonds is 4. The highest BCUT2D eigenvalue weighted by molar-refractivity contribution is 14.1. The fourth-order valence-corrected chi connectivity index (χ4v) is 2.28. The Labute approximate surface area is 128 Å². The van der Waals surface area contributed by atoms with Gasteiger partial charge in [0.2, 0.25) is 0 Å². The van der Waals surface area contributed by atoms with Gasteiger partial charge in [0.05, 0.1) is 19.2 Å². The van der Waals surface area contributed by atoms with Crippen molar-refractivity contribution in [3.05, 3.63) is 21.0 Å². The summed E-state index contributed by atoms with van der Waals surface area (Å²) in [5, 5.41) is 0.274. The number of halogens is 5. The number of esters is 1. The van der Waals surface area contributed by atoms with Crippen molar-refractivity contribution in [2.75, 3.05) is 7.11 Å². The lowest BCUT2D eigenvalue weighted by Gasteiger charge is -2.14. The quantitative estimate of drug-likeness (QED) is 0.304. The minimum atomic E-state index is -4.83. The summed E-state index contributed by atoms with van der Waals surface area (Å²) in [6.07, 6.45) is -5.17. The summed E-state index contributed by atoms with van der Waals surface area (Å²) in [6, 6.07) is 1.14. The molecule has 0 aliphatic rings. The predicted molar refractivity (Wildman–Crippen MR) is 72.0 cm³/mol. The summed E-state index contributed by atoms with van der Waals surface area (Å²) in [7, 11) is 1.15. The molecule has 106 valence electrons. The fourth-order valence-electron chi connectivity index (χ4n) is 1.23. The minimum Gasteiger partial charge on any atom is -0.469 e. The Morgan fingerprint density at radius 1 is 1.53 bits per heavy atom. The normalized spacial score (nSPS) is 11.3. The number of nitrogens with zero attached hydrogens (tertiary/aromatic N) is 1. The average molecular weight is 454 g/mol. The number of ether oxygens (including phenoxy) is 2. The van der Waals surface area contributed by atoms with Crippen molar-refractivity contribution >= 4 is 44.5 Å². The molecule has 0 unspecified atom stereocenters. The summed E-state index contributed by atoms with van der Waals surface area (Å²) < 4.78 is 45.6. The Morgan fingerprint density at radius 3 is 2.63 bits per heavy atom. The lowest BCUT2D eigenvalue weighted by molar-refractivity contribution is -0.275. The zero-order chi connectivity index (χ0) is 14.6.